The number of aryl methyl sites for hydroxylation is 1. The lowest BCUT2D eigenvalue weighted by atomic mass is 9.75. The molecule has 3 rings (SSSR count). The van der Waals surface area contributed by atoms with E-state index in [1.165, 1.54) is 0 Å². The topological polar surface area (TPSA) is 61.6 Å². The van der Waals surface area contributed by atoms with Gasteiger partial charge in [0.25, 0.3) is 0 Å². The summed E-state index contributed by atoms with van der Waals surface area (Å²) >= 11 is 0. The zero-order chi connectivity index (χ0) is 22.3. The van der Waals surface area contributed by atoms with Crippen molar-refractivity contribution in [3.63, 3.8) is 0 Å². The van der Waals surface area contributed by atoms with E-state index in [1.807, 2.05) is 0 Å². The minimum absolute atomic E-state index is 0.103. The lowest BCUT2D eigenvalue weighted by molar-refractivity contribution is 0.00578. The van der Waals surface area contributed by atoms with Gasteiger partial charge in [0.05, 0.1) is 25.4 Å². The Hall–Kier alpha value is -1.86. The minimum Gasteiger partial charge on any atom is -0.483 e. The number of ether oxygens (including phenoxy) is 2. The first-order chi connectivity index (χ1) is 14.0. The molecule has 30 heavy (non-hydrogen) atoms. The van der Waals surface area contributed by atoms with Gasteiger partial charge in [0.15, 0.2) is 0 Å². The van der Waals surface area contributed by atoms with E-state index in [0.717, 1.165) is 16.6 Å². The summed E-state index contributed by atoms with van der Waals surface area (Å²) in [6, 6.07) is 6.08. The molecule has 0 aromatic heterocycles. The van der Waals surface area contributed by atoms with Crippen molar-refractivity contribution in [3.05, 3.63) is 29.3 Å². The van der Waals surface area contributed by atoms with Crippen LogP contribution in [0.1, 0.15) is 52.7 Å². The lowest BCUT2D eigenvalue weighted by Crippen LogP contribution is -2.41. The van der Waals surface area contributed by atoms with Gasteiger partial charge in [0.2, 0.25) is 11.8 Å². The standard InChI is InChI=1S/C23H35BN2O4/c1-14(2)19-21(28-9)25-18(20(26-19)27-8)13-16-10-11-17(15(3)12-16)24-29-22(4,5)23(6,7)30-24/h10-12,14,18-19H,13H2,1-9H3/t18-,19+/m0/s1. The van der Waals surface area contributed by atoms with Crippen molar-refractivity contribution in [2.24, 2.45) is 15.9 Å². The van der Waals surface area contributed by atoms with Crippen molar-refractivity contribution in [2.75, 3.05) is 14.2 Å². The molecule has 0 aliphatic carbocycles. The fourth-order valence-electron chi connectivity index (χ4n) is 3.82. The molecule has 1 saturated heterocycles. The first-order valence-corrected chi connectivity index (χ1v) is 10.7. The second-order valence-electron chi connectivity index (χ2n) is 9.53. The highest BCUT2D eigenvalue weighted by molar-refractivity contribution is 6.62. The van der Waals surface area contributed by atoms with Gasteiger partial charge in [-0.25, -0.2) is 9.98 Å². The van der Waals surface area contributed by atoms with E-state index in [4.69, 9.17) is 28.8 Å². The van der Waals surface area contributed by atoms with Crippen LogP contribution in [-0.2, 0) is 25.2 Å². The highest BCUT2D eigenvalue weighted by Crippen LogP contribution is 2.36. The highest BCUT2D eigenvalue weighted by Gasteiger charge is 2.52. The molecular weight excluding hydrogens is 379 g/mol. The molecule has 164 valence electrons. The fraction of sp³-hybridized carbons (Fsp3) is 0.652. The quantitative estimate of drug-likeness (QED) is 0.710. The van der Waals surface area contributed by atoms with Crippen LogP contribution in [0.5, 0.6) is 0 Å². The maximum atomic E-state index is 6.22. The Morgan fingerprint density at radius 1 is 1.00 bits per heavy atom. The lowest BCUT2D eigenvalue weighted by Gasteiger charge is -2.32. The summed E-state index contributed by atoms with van der Waals surface area (Å²) in [5, 5.41) is 0. The second kappa shape index (κ2) is 8.35. The summed E-state index contributed by atoms with van der Waals surface area (Å²) < 4.78 is 23.5. The Kier molecular flexibility index (Phi) is 6.35. The smallest absolute Gasteiger partial charge is 0.483 e. The third-order valence-corrected chi connectivity index (χ3v) is 6.41. The molecule has 2 heterocycles. The monoisotopic (exact) mass is 414 g/mol. The molecule has 2 aliphatic heterocycles. The number of nitrogens with zero attached hydrogens (tertiary/aromatic N) is 2. The van der Waals surface area contributed by atoms with Gasteiger partial charge < -0.3 is 18.8 Å². The van der Waals surface area contributed by atoms with Crippen LogP contribution >= 0.6 is 0 Å². The number of methoxy groups -OCH3 is 2. The molecule has 0 bridgehead atoms. The van der Waals surface area contributed by atoms with Crippen molar-refractivity contribution < 1.29 is 18.8 Å². The summed E-state index contributed by atoms with van der Waals surface area (Å²) in [5.74, 6) is 1.61. The van der Waals surface area contributed by atoms with Crippen molar-refractivity contribution in [1.29, 1.82) is 0 Å². The molecular formula is C23H35BN2O4. The van der Waals surface area contributed by atoms with Gasteiger partial charge >= 0.3 is 7.12 Å². The Bertz CT molecular complexity index is 832. The van der Waals surface area contributed by atoms with E-state index in [0.29, 0.717) is 18.2 Å². The van der Waals surface area contributed by atoms with Gasteiger partial charge in [-0.3, -0.25) is 0 Å². The molecule has 0 radical (unpaired) electrons. The van der Waals surface area contributed by atoms with Crippen LogP contribution in [-0.4, -0.2) is 56.4 Å². The molecule has 1 aromatic carbocycles. The minimum atomic E-state index is -0.361. The van der Waals surface area contributed by atoms with Crippen molar-refractivity contribution >= 4 is 24.4 Å². The number of benzene rings is 1. The van der Waals surface area contributed by atoms with Crippen LogP contribution in [0, 0.1) is 12.8 Å². The van der Waals surface area contributed by atoms with Crippen LogP contribution in [0.25, 0.3) is 0 Å². The first-order valence-electron chi connectivity index (χ1n) is 10.7. The normalized spacial score (nSPS) is 25.2. The molecule has 1 fully saturated rings. The van der Waals surface area contributed by atoms with Crippen LogP contribution in [0.4, 0.5) is 0 Å². The molecule has 7 heteroatoms. The summed E-state index contributed by atoms with van der Waals surface area (Å²) in [6.07, 6.45) is 0.689. The Morgan fingerprint density at radius 2 is 1.60 bits per heavy atom. The van der Waals surface area contributed by atoms with E-state index in [1.54, 1.807) is 14.2 Å². The van der Waals surface area contributed by atoms with Crippen molar-refractivity contribution in [1.82, 2.24) is 0 Å². The van der Waals surface area contributed by atoms with Crippen LogP contribution in [0.3, 0.4) is 0 Å². The zero-order valence-corrected chi connectivity index (χ0v) is 19.8. The fourth-order valence-corrected chi connectivity index (χ4v) is 3.82. The summed E-state index contributed by atoms with van der Waals surface area (Å²) in [6.45, 7) is 14.6. The molecule has 2 atom stereocenters. The first kappa shape index (κ1) is 22.8. The zero-order valence-electron chi connectivity index (χ0n) is 19.8. The maximum Gasteiger partial charge on any atom is 0.495 e. The average Bonchev–Trinajstić information content (AvgIpc) is 2.88. The third kappa shape index (κ3) is 4.28. The van der Waals surface area contributed by atoms with Crippen LogP contribution < -0.4 is 5.46 Å². The molecule has 0 saturated carbocycles. The summed E-state index contributed by atoms with van der Waals surface area (Å²) in [5.41, 5.74) is 2.64. The molecule has 0 unspecified atom stereocenters. The van der Waals surface area contributed by atoms with Crippen LogP contribution in [0.2, 0.25) is 0 Å². The molecule has 0 amide bonds. The number of aliphatic imine (C=N–C) groups is 2. The van der Waals surface area contributed by atoms with E-state index in [2.05, 4.69) is 66.7 Å². The maximum absolute atomic E-state index is 6.22. The Balaban J connectivity index is 1.81. The SMILES string of the molecule is COC1=N[C@H](C(C)C)C(OC)=N[C@H]1Cc1ccc(B2OC(C)(C)C(C)(C)O2)c(C)c1. The second-order valence-corrected chi connectivity index (χ2v) is 9.53. The van der Waals surface area contributed by atoms with Crippen molar-refractivity contribution in [2.45, 2.75) is 78.2 Å². The van der Waals surface area contributed by atoms with Crippen LogP contribution in [0.15, 0.2) is 28.2 Å². The van der Waals surface area contributed by atoms with Crippen molar-refractivity contribution in [3.8, 4) is 0 Å². The van der Waals surface area contributed by atoms with E-state index in [9.17, 15) is 0 Å². The predicted octanol–water partition coefficient (Wildman–Crippen LogP) is 3.33. The van der Waals surface area contributed by atoms with E-state index < -0.39 is 0 Å². The highest BCUT2D eigenvalue weighted by atomic mass is 16.7. The molecule has 2 aliphatic rings. The molecule has 0 spiro atoms. The van der Waals surface area contributed by atoms with E-state index >= 15 is 0 Å². The Labute approximate surface area is 181 Å². The molecule has 0 N–H and O–H groups in total. The van der Waals surface area contributed by atoms with Gasteiger partial charge in [-0.2, -0.15) is 0 Å². The third-order valence-electron chi connectivity index (χ3n) is 6.41. The van der Waals surface area contributed by atoms with Gasteiger partial charge in [0, 0.05) is 6.42 Å². The van der Waals surface area contributed by atoms with E-state index in [-0.39, 0.29) is 36.3 Å². The Morgan fingerprint density at radius 3 is 2.10 bits per heavy atom. The summed E-state index contributed by atoms with van der Waals surface area (Å²) in [7, 11) is 2.95. The van der Waals surface area contributed by atoms with Gasteiger partial charge in [0.1, 0.15) is 12.1 Å². The number of hydrogen-bond donors (Lipinski definition) is 0. The molecule has 6 nitrogen and oxygen atoms in total. The average molecular weight is 414 g/mol. The van der Waals surface area contributed by atoms with Gasteiger partial charge in [-0.15, -0.1) is 0 Å². The number of rotatable bonds is 4. The van der Waals surface area contributed by atoms with Gasteiger partial charge in [-0.05, 0) is 51.6 Å². The predicted molar refractivity (Wildman–Crippen MR) is 122 cm³/mol. The molecule has 1 aromatic rings. The number of hydrogen-bond acceptors (Lipinski definition) is 6. The largest absolute Gasteiger partial charge is 0.495 e. The summed E-state index contributed by atoms with van der Waals surface area (Å²) in [4.78, 5) is 9.57. The van der Waals surface area contributed by atoms with Gasteiger partial charge in [-0.1, -0.05) is 37.6 Å².